The van der Waals surface area contributed by atoms with Crippen molar-refractivity contribution in [3.05, 3.63) is 29.3 Å². The number of methoxy groups -OCH3 is 1. The van der Waals surface area contributed by atoms with Gasteiger partial charge < -0.3 is 20.1 Å². The van der Waals surface area contributed by atoms with Gasteiger partial charge in [0.1, 0.15) is 11.4 Å². The van der Waals surface area contributed by atoms with Crippen LogP contribution in [-0.4, -0.2) is 36.8 Å². The quantitative estimate of drug-likeness (QED) is 0.839. The fourth-order valence-corrected chi connectivity index (χ4v) is 3.23. The Morgan fingerprint density at radius 3 is 2.42 bits per heavy atom. The van der Waals surface area contributed by atoms with Crippen molar-refractivity contribution < 1.29 is 19.1 Å². The molecule has 0 unspecified atom stereocenters. The van der Waals surface area contributed by atoms with E-state index >= 15 is 0 Å². The van der Waals surface area contributed by atoms with Crippen LogP contribution in [0.25, 0.3) is 0 Å². The summed E-state index contributed by atoms with van der Waals surface area (Å²) >= 11 is 0. The number of rotatable bonds is 5. The first kappa shape index (κ1) is 20.1. The summed E-state index contributed by atoms with van der Waals surface area (Å²) < 4.78 is 10.6. The van der Waals surface area contributed by atoms with Gasteiger partial charge in [-0.1, -0.05) is 18.9 Å². The Labute approximate surface area is 155 Å². The van der Waals surface area contributed by atoms with Crippen molar-refractivity contribution in [2.24, 2.45) is 0 Å². The normalized spacial score (nSPS) is 16.0. The molecule has 144 valence electrons. The number of carbonyl (C=O) groups is 2. The number of ether oxygens (including phenoxy) is 2. The van der Waals surface area contributed by atoms with Gasteiger partial charge in [-0.3, -0.25) is 4.79 Å². The van der Waals surface area contributed by atoms with E-state index in [1.54, 1.807) is 19.2 Å². The van der Waals surface area contributed by atoms with Crippen LogP contribution in [0, 0.1) is 6.92 Å². The zero-order chi connectivity index (χ0) is 19.4. The van der Waals surface area contributed by atoms with E-state index in [0.29, 0.717) is 17.9 Å². The van der Waals surface area contributed by atoms with E-state index < -0.39 is 17.2 Å². The molecule has 0 aliphatic heterocycles. The molecule has 0 atom stereocenters. The molecule has 2 N–H and O–H groups in total. The van der Waals surface area contributed by atoms with Crippen molar-refractivity contribution in [3.8, 4) is 5.75 Å². The van der Waals surface area contributed by atoms with E-state index in [-0.39, 0.29) is 5.91 Å². The van der Waals surface area contributed by atoms with Crippen LogP contribution in [-0.2, 0) is 4.74 Å². The molecule has 1 fully saturated rings. The number of amides is 2. The lowest BCUT2D eigenvalue weighted by Gasteiger charge is -2.31. The molecule has 0 bridgehead atoms. The number of alkyl carbamates (subject to hydrolysis) is 1. The van der Waals surface area contributed by atoms with Crippen molar-refractivity contribution in [3.63, 3.8) is 0 Å². The maximum Gasteiger partial charge on any atom is 0.407 e. The first-order valence-corrected chi connectivity index (χ1v) is 9.08. The molecule has 2 amide bonds. The molecule has 0 heterocycles. The Bertz CT molecular complexity index is 658. The van der Waals surface area contributed by atoms with Gasteiger partial charge in [0, 0.05) is 12.1 Å². The Morgan fingerprint density at radius 1 is 1.19 bits per heavy atom. The van der Waals surface area contributed by atoms with E-state index in [1.165, 1.54) is 0 Å². The van der Waals surface area contributed by atoms with E-state index in [9.17, 15) is 9.59 Å². The summed E-state index contributed by atoms with van der Waals surface area (Å²) in [7, 11) is 1.59. The minimum Gasteiger partial charge on any atom is -0.496 e. The number of carbonyl (C=O) groups excluding carboxylic acids is 2. The van der Waals surface area contributed by atoms with Crippen molar-refractivity contribution in [2.45, 2.75) is 64.5 Å². The van der Waals surface area contributed by atoms with Gasteiger partial charge in [-0.05, 0) is 58.2 Å². The Morgan fingerprint density at radius 2 is 1.85 bits per heavy atom. The molecule has 26 heavy (non-hydrogen) atoms. The SMILES string of the molecule is COc1cc(C(=O)NC2(CNC(=O)OC(C)(C)C)CCCC2)ccc1C. The largest absolute Gasteiger partial charge is 0.496 e. The number of nitrogens with one attached hydrogen (secondary N) is 2. The fraction of sp³-hybridized carbons (Fsp3) is 0.600. The smallest absolute Gasteiger partial charge is 0.407 e. The molecule has 1 aliphatic carbocycles. The highest BCUT2D eigenvalue weighted by atomic mass is 16.6. The van der Waals surface area contributed by atoms with Crippen LogP contribution in [0.1, 0.15) is 62.4 Å². The summed E-state index contributed by atoms with van der Waals surface area (Å²) in [4.78, 5) is 24.7. The first-order valence-electron chi connectivity index (χ1n) is 9.08. The molecule has 1 aromatic rings. The molecule has 6 heteroatoms. The zero-order valence-corrected chi connectivity index (χ0v) is 16.4. The molecule has 2 rings (SSSR count). The third kappa shape index (κ3) is 5.38. The van der Waals surface area contributed by atoms with Crippen molar-refractivity contribution in [1.29, 1.82) is 0 Å². The third-order valence-electron chi connectivity index (χ3n) is 4.58. The first-order chi connectivity index (χ1) is 12.1. The number of hydrogen-bond donors (Lipinski definition) is 2. The molecule has 1 aromatic carbocycles. The molecule has 1 aliphatic rings. The zero-order valence-electron chi connectivity index (χ0n) is 16.4. The molecular formula is C20H30N2O4. The fourth-order valence-electron chi connectivity index (χ4n) is 3.23. The van der Waals surface area contributed by atoms with Crippen LogP contribution >= 0.6 is 0 Å². The van der Waals surface area contributed by atoms with Gasteiger partial charge in [-0.15, -0.1) is 0 Å². The van der Waals surface area contributed by atoms with E-state index in [2.05, 4.69) is 10.6 Å². The number of hydrogen-bond acceptors (Lipinski definition) is 4. The highest BCUT2D eigenvalue weighted by Crippen LogP contribution is 2.30. The van der Waals surface area contributed by atoms with Gasteiger partial charge >= 0.3 is 6.09 Å². The highest BCUT2D eigenvalue weighted by molar-refractivity contribution is 5.95. The second-order valence-electron chi connectivity index (χ2n) is 7.98. The molecule has 0 spiro atoms. The molecule has 1 saturated carbocycles. The molecular weight excluding hydrogens is 332 g/mol. The van der Waals surface area contributed by atoms with Gasteiger partial charge in [0.15, 0.2) is 0 Å². The van der Waals surface area contributed by atoms with Gasteiger partial charge in [0.05, 0.1) is 12.6 Å². The average Bonchev–Trinajstić information content (AvgIpc) is 3.00. The van der Waals surface area contributed by atoms with Crippen LogP contribution in [0.4, 0.5) is 4.79 Å². The van der Waals surface area contributed by atoms with Gasteiger partial charge in [0.25, 0.3) is 5.91 Å². The lowest BCUT2D eigenvalue weighted by Crippen LogP contribution is -2.54. The standard InChI is InChI=1S/C20H30N2O4/c1-14-8-9-15(12-16(14)25-5)17(23)22-20(10-6-7-11-20)13-21-18(24)26-19(2,3)4/h8-9,12H,6-7,10-11,13H2,1-5H3,(H,21,24)(H,22,23). The minimum atomic E-state index is -0.547. The van der Waals surface area contributed by atoms with Crippen molar-refractivity contribution >= 4 is 12.0 Å². The predicted octanol–water partition coefficient (Wildman–Crippen LogP) is 3.57. The van der Waals surface area contributed by atoms with Gasteiger partial charge in [-0.2, -0.15) is 0 Å². The summed E-state index contributed by atoms with van der Waals surface area (Å²) in [6.45, 7) is 7.76. The van der Waals surface area contributed by atoms with Crippen molar-refractivity contribution in [2.75, 3.05) is 13.7 Å². The lowest BCUT2D eigenvalue weighted by atomic mass is 9.96. The van der Waals surface area contributed by atoms with Gasteiger partial charge in [0.2, 0.25) is 0 Å². The maximum absolute atomic E-state index is 12.7. The topological polar surface area (TPSA) is 76.7 Å². The molecule has 0 radical (unpaired) electrons. The lowest BCUT2D eigenvalue weighted by molar-refractivity contribution is 0.0505. The maximum atomic E-state index is 12.7. The molecule has 0 aromatic heterocycles. The van der Waals surface area contributed by atoms with E-state index in [4.69, 9.17) is 9.47 Å². The van der Waals surface area contributed by atoms with E-state index in [1.807, 2.05) is 33.8 Å². The second-order valence-corrected chi connectivity index (χ2v) is 7.98. The van der Waals surface area contributed by atoms with Gasteiger partial charge in [-0.25, -0.2) is 4.79 Å². The summed E-state index contributed by atoms with van der Waals surface area (Å²) in [5.41, 5.74) is 0.544. The Balaban J connectivity index is 2.05. The van der Waals surface area contributed by atoms with Crippen LogP contribution in [0.15, 0.2) is 18.2 Å². The summed E-state index contributed by atoms with van der Waals surface area (Å²) in [6.07, 6.45) is 3.24. The Kier molecular flexibility index (Phi) is 6.16. The summed E-state index contributed by atoms with van der Waals surface area (Å²) in [6, 6.07) is 5.40. The van der Waals surface area contributed by atoms with Crippen molar-refractivity contribution in [1.82, 2.24) is 10.6 Å². The van der Waals surface area contributed by atoms with Crippen LogP contribution in [0.2, 0.25) is 0 Å². The minimum absolute atomic E-state index is 0.156. The molecule has 0 saturated heterocycles. The highest BCUT2D eigenvalue weighted by Gasteiger charge is 2.36. The summed E-state index contributed by atoms with van der Waals surface area (Å²) in [5, 5.41) is 5.94. The van der Waals surface area contributed by atoms with Crippen LogP contribution < -0.4 is 15.4 Å². The predicted molar refractivity (Wildman–Crippen MR) is 101 cm³/mol. The molecule has 6 nitrogen and oxygen atoms in total. The number of benzene rings is 1. The monoisotopic (exact) mass is 362 g/mol. The third-order valence-corrected chi connectivity index (χ3v) is 4.58. The summed E-state index contributed by atoms with van der Waals surface area (Å²) in [5.74, 6) is 0.529. The van der Waals surface area contributed by atoms with Crippen LogP contribution in [0.5, 0.6) is 5.75 Å². The average molecular weight is 362 g/mol. The Hall–Kier alpha value is -2.24. The number of aryl methyl sites for hydroxylation is 1. The van der Waals surface area contributed by atoms with E-state index in [0.717, 1.165) is 31.2 Å². The van der Waals surface area contributed by atoms with Crippen LogP contribution in [0.3, 0.4) is 0 Å². The second kappa shape index (κ2) is 7.98.